The van der Waals surface area contributed by atoms with E-state index < -0.39 is 6.04 Å². The van der Waals surface area contributed by atoms with Crippen LogP contribution in [0.4, 0.5) is 0 Å². The average Bonchev–Trinajstić information content (AvgIpc) is 3.56. The molecule has 1 aliphatic carbocycles. The summed E-state index contributed by atoms with van der Waals surface area (Å²) < 4.78 is 51.1. The van der Waals surface area contributed by atoms with E-state index in [0.29, 0.717) is 18.4 Å². The topological polar surface area (TPSA) is 147 Å². The van der Waals surface area contributed by atoms with Crippen molar-refractivity contribution in [2.45, 2.75) is 97.2 Å². The van der Waals surface area contributed by atoms with E-state index in [4.69, 9.17) is 32.7 Å². The van der Waals surface area contributed by atoms with Gasteiger partial charge in [0.15, 0.2) is 0 Å². The van der Waals surface area contributed by atoms with E-state index in [1.807, 2.05) is 13.0 Å². The maximum atomic E-state index is 13.3. The van der Waals surface area contributed by atoms with Gasteiger partial charge in [-0.3, -0.25) is 0 Å². The molecule has 1 heterocycles. The molecule has 9 nitrogen and oxygen atoms in total. The Kier molecular flexibility index (Phi) is 24.5. The van der Waals surface area contributed by atoms with Crippen LogP contribution in [0.15, 0.2) is 60.7 Å². The molecule has 2 aromatic rings. The van der Waals surface area contributed by atoms with Crippen LogP contribution in [0.5, 0.6) is 0 Å². The van der Waals surface area contributed by atoms with Gasteiger partial charge in [-0.25, -0.2) is 0 Å². The van der Waals surface area contributed by atoms with Crippen molar-refractivity contribution in [3.05, 3.63) is 105 Å². The Balaban J connectivity index is 0. The van der Waals surface area contributed by atoms with Crippen molar-refractivity contribution in [1.82, 2.24) is 5.32 Å². The Hall–Kier alpha value is -3.07. The van der Waals surface area contributed by atoms with E-state index in [2.05, 4.69) is 151 Å². The van der Waals surface area contributed by atoms with Gasteiger partial charge in [-0.05, 0) is 0 Å². The van der Waals surface area contributed by atoms with Crippen LogP contribution in [0, 0.1) is 56.4 Å². The summed E-state index contributed by atoms with van der Waals surface area (Å²) in [6.45, 7) is 38.6. The van der Waals surface area contributed by atoms with E-state index in [-0.39, 0.29) is 40.8 Å². The Bertz CT molecular complexity index is 1310. The molecule has 2 aliphatic rings. The first-order chi connectivity index (χ1) is 23.4. The second kappa shape index (κ2) is 25.0. The molecule has 4 rings (SSSR count). The molecular formula is C39H47CrNO8. The predicted molar refractivity (Wildman–Crippen MR) is 175 cm³/mol. The van der Waals surface area contributed by atoms with Gasteiger partial charge in [0.05, 0.1) is 0 Å². The molecule has 1 aliphatic heterocycles. The van der Waals surface area contributed by atoms with Crippen LogP contribution in [0.3, 0.4) is 0 Å². The summed E-state index contributed by atoms with van der Waals surface area (Å²) >= 11 is 3.39. The van der Waals surface area contributed by atoms with Crippen LogP contribution in [0.2, 0.25) is 0 Å². The molecule has 1 saturated heterocycles. The van der Waals surface area contributed by atoms with Gasteiger partial charge < -0.3 is 0 Å². The third kappa shape index (κ3) is 13.3. The fourth-order valence-corrected chi connectivity index (χ4v) is 7.64. The molecule has 0 spiro atoms. The summed E-state index contributed by atoms with van der Waals surface area (Å²) in [5.41, 5.74) is 2.38. The van der Waals surface area contributed by atoms with E-state index in [9.17, 15) is 4.79 Å². The molecular weight excluding hydrogens is 662 g/mol. The molecule has 0 radical (unpaired) electrons. The van der Waals surface area contributed by atoms with Crippen LogP contribution < -0.4 is 5.32 Å². The minimum absolute atomic E-state index is 0.0143. The standard InChI is InChI=1S/C34H47NO3.5CO.Cr/c1-8-37-32(36)30-29(24-15-11-9-12-16-24)26(31(35-30)33(3,4)5)22-38-28-21-23(2)19-20-27(28)34(6,7)25-17-13-10-14-18-25;5*1-2;/h9-18,23,26-31,35H,8,19-21H2,1-7H3;;;;;;/t23-,26-,27-,28-,29-,30+,31-;;;;;;/m1....../s1. The van der Waals surface area contributed by atoms with Crippen molar-refractivity contribution >= 4 is 10.5 Å². The third-order valence-electron chi connectivity index (χ3n) is 9.16. The van der Waals surface area contributed by atoms with Crippen molar-refractivity contribution < 1.29 is 53.4 Å². The number of esters is 1. The first kappa shape index (κ1) is 48.0. The fourth-order valence-electron chi connectivity index (χ4n) is 7.00. The van der Waals surface area contributed by atoms with Gasteiger partial charge in [0.2, 0.25) is 0 Å². The summed E-state index contributed by atoms with van der Waals surface area (Å²) in [4.78, 5) is 13.3. The van der Waals surface area contributed by atoms with Crippen LogP contribution in [-0.4, -0.2) is 35.3 Å². The molecule has 10 heteroatoms. The van der Waals surface area contributed by atoms with E-state index in [1.165, 1.54) is 12.0 Å². The van der Waals surface area contributed by atoms with Crippen molar-refractivity contribution in [2.24, 2.45) is 23.2 Å². The first-order valence-electron chi connectivity index (χ1n) is 15.7. The Morgan fingerprint density at radius 1 is 0.837 bits per heavy atom. The number of benzene rings is 2. The number of carbonyl (C=O) groups excluding carboxylic acids is 1. The second-order valence-electron chi connectivity index (χ2n) is 13.3. The second-order valence-corrected chi connectivity index (χ2v) is 13.9. The van der Waals surface area contributed by atoms with Crippen LogP contribution in [-0.2, 0) is 58.8 Å². The van der Waals surface area contributed by atoms with E-state index >= 15 is 0 Å². The monoisotopic (exact) mass is 709 g/mol. The molecule has 7 atom stereocenters. The van der Waals surface area contributed by atoms with Gasteiger partial charge in [-0.2, -0.15) is 0 Å². The first-order valence-corrected chi connectivity index (χ1v) is 16.3. The molecule has 2 fully saturated rings. The predicted octanol–water partition coefficient (Wildman–Crippen LogP) is 6.62. The quantitative estimate of drug-likeness (QED) is 0.186. The third-order valence-corrected chi connectivity index (χ3v) is 9.74. The minimum atomic E-state index is -0.435. The number of ether oxygens (including phenoxy) is 2. The van der Waals surface area contributed by atoms with Crippen LogP contribution in [0.1, 0.15) is 84.8 Å². The molecule has 0 unspecified atom stereocenters. The van der Waals surface area contributed by atoms with Gasteiger partial charge in [0, 0.05) is 0 Å². The van der Waals surface area contributed by atoms with Gasteiger partial charge in [-0.1, -0.05) is 0 Å². The van der Waals surface area contributed by atoms with E-state index in [0.717, 1.165) is 23.0 Å². The molecule has 0 amide bonds. The van der Waals surface area contributed by atoms with Crippen molar-refractivity contribution in [1.29, 1.82) is 0 Å². The molecule has 0 bridgehead atoms. The number of nitrogens with one attached hydrogen (secondary N) is 1. The SMILES string of the molecule is CCOC(=O)[C@H]1N[C@@H](C(C)(C)C)[C@H]([C](=[Cr])O[C@@H]2C[C@H](C)CC[C@H]2C(C)(C)c2ccccc2)[C@H]1c1ccccc1.[C-]#[O+].[C-]#[O+].[C-]#[O+].[C-]#[O+].[C-]#[O+]. The summed E-state index contributed by atoms with van der Waals surface area (Å²) in [5.74, 6) is 0.706. The molecule has 1 N–H and O–H groups in total. The van der Waals surface area contributed by atoms with Crippen molar-refractivity contribution in [3.8, 4) is 0 Å². The van der Waals surface area contributed by atoms with Crippen LogP contribution >= 0.6 is 0 Å². The summed E-state index contributed by atoms with van der Waals surface area (Å²) in [6.07, 6.45) is 3.49. The zero-order valence-electron chi connectivity index (χ0n) is 29.3. The fraction of sp³-hybridized carbons (Fsp3) is 0.513. The Labute approximate surface area is 300 Å². The molecule has 1 saturated carbocycles. The number of hydrogen-bond donors (Lipinski definition) is 1. The van der Waals surface area contributed by atoms with Gasteiger partial charge in [0.25, 0.3) is 0 Å². The summed E-state index contributed by atoms with van der Waals surface area (Å²) in [7, 11) is 0. The Morgan fingerprint density at radius 2 is 1.33 bits per heavy atom. The van der Waals surface area contributed by atoms with Crippen molar-refractivity contribution in [2.75, 3.05) is 6.61 Å². The zero-order valence-corrected chi connectivity index (χ0v) is 30.6. The molecule has 49 heavy (non-hydrogen) atoms. The van der Waals surface area contributed by atoms with Crippen LogP contribution in [0.25, 0.3) is 0 Å². The summed E-state index contributed by atoms with van der Waals surface area (Å²) in [5, 5.41) is 3.71. The number of hydrogen-bond acceptors (Lipinski definition) is 4. The number of rotatable bonds is 8. The van der Waals surface area contributed by atoms with Gasteiger partial charge >= 0.3 is 301 Å². The number of carbonyl (C=O) groups is 1. The van der Waals surface area contributed by atoms with Gasteiger partial charge in [0.1, 0.15) is 0 Å². The Morgan fingerprint density at radius 3 is 1.80 bits per heavy atom. The average molecular weight is 710 g/mol. The summed E-state index contributed by atoms with van der Waals surface area (Å²) in [6, 6.07) is 20.9. The maximum absolute atomic E-state index is 13.3. The van der Waals surface area contributed by atoms with Crippen molar-refractivity contribution in [3.63, 3.8) is 0 Å². The molecule has 262 valence electrons. The normalized spacial score (nSPS) is 23.8. The zero-order chi connectivity index (χ0) is 38.4. The molecule has 0 aromatic heterocycles. The van der Waals surface area contributed by atoms with E-state index in [1.54, 1.807) is 0 Å². The molecule has 2 aromatic carbocycles. The van der Waals surface area contributed by atoms with Gasteiger partial charge in [-0.15, -0.1) is 0 Å².